The Bertz CT molecular complexity index is 720. The van der Waals surface area contributed by atoms with Crippen LogP contribution >= 0.6 is 0 Å². The summed E-state index contributed by atoms with van der Waals surface area (Å²) < 4.78 is 28.8. The molecule has 114 valence electrons. The molecule has 0 fully saturated rings. The molecule has 0 spiro atoms. The molecular formula is C15H21N3O2S. The Hall–Kier alpha value is -1.63. The van der Waals surface area contributed by atoms with E-state index in [0.717, 1.165) is 11.3 Å². The third kappa shape index (κ3) is 3.93. The highest BCUT2D eigenvalue weighted by atomic mass is 32.2. The summed E-state index contributed by atoms with van der Waals surface area (Å²) in [4.78, 5) is 0.259. The van der Waals surface area contributed by atoms with Crippen LogP contribution in [0.1, 0.15) is 16.8 Å². The topological polar surface area (TPSA) is 77.1 Å². The van der Waals surface area contributed by atoms with Crippen molar-refractivity contribution in [2.75, 3.05) is 6.54 Å². The molecule has 1 aromatic heterocycles. The summed E-state index contributed by atoms with van der Waals surface area (Å²) in [5.41, 5.74) is 8.64. The quantitative estimate of drug-likeness (QED) is 0.845. The fourth-order valence-electron chi connectivity index (χ4n) is 2.21. The Kier molecular flexibility index (Phi) is 4.82. The molecular weight excluding hydrogens is 286 g/mol. The number of benzene rings is 1. The van der Waals surface area contributed by atoms with E-state index in [-0.39, 0.29) is 4.90 Å². The number of sulfonamides is 1. The second kappa shape index (κ2) is 6.43. The zero-order valence-corrected chi connectivity index (χ0v) is 13.2. The van der Waals surface area contributed by atoms with Crippen LogP contribution in [0.2, 0.25) is 0 Å². The third-order valence-corrected chi connectivity index (χ3v) is 4.82. The molecule has 1 aromatic carbocycles. The molecule has 2 aromatic rings. The van der Waals surface area contributed by atoms with E-state index in [0.29, 0.717) is 19.5 Å². The SMILES string of the molecule is Cc1cccc(CCNS(=O)(=O)c2cc(CN)n(C)c2)c1. The van der Waals surface area contributed by atoms with E-state index < -0.39 is 10.0 Å². The number of aromatic nitrogens is 1. The van der Waals surface area contributed by atoms with E-state index >= 15 is 0 Å². The summed E-state index contributed by atoms with van der Waals surface area (Å²) >= 11 is 0. The van der Waals surface area contributed by atoms with Gasteiger partial charge >= 0.3 is 0 Å². The molecule has 6 heteroatoms. The van der Waals surface area contributed by atoms with Crippen molar-refractivity contribution < 1.29 is 8.42 Å². The molecule has 0 saturated heterocycles. The maximum absolute atomic E-state index is 12.2. The third-order valence-electron chi connectivity index (χ3n) is 3.39. The average Bonchev–Trinajstić information content (AvgIpc) is 2.81. The predicted molar refractivity (Wildman–Crippen MR) is 83.4 cm³/mol. The molecule has 3 N–H and O–H groups in total. The number of nitrogens with one attached hydrogen (secondary N) is 1. The van der Waals surface area contributed by atoms with Crippen LogP contribution < -0.4 is 10.5 Å². The van der Waals surface area contributed by atoms with Crippen molar-refractivity contribution >= 4 is 10.0 Å². The maximum Gasteiger partial charge on any atom is 0.242 e. The lowest BCUT2D eigenvalue weighted by Gasteiger charge is -2.05. The normalized spacial score (nSPS) is 11.8. The highest BCUT2D eigenvalue weighted by molar-refractivity contribution is 7.89. The van der Waals surface area contributed by atoms with Crippen LogP contribution in [0.5, 0.6) is 0 Å². The maximum atomic E-state index is 12.2. The summed E-state index contributed by atoms with van der Waals surface area (Å²) in [5, 5.41) is 0. The molecule has 0 aliphatic rings. The minimum atomic E-state index is -3.48. The molecule has 1 heterocycles. The smallest absolute Gasteiger partial charge is 0.242 e. The van der Waals surface area contributed by atoms with Gasteiger partial charge in [0.2, 0.25) is 10.0 Å². The number of nitrogens with two attached hydrogens (primary N) is 1. The van der Waals surface area contributed by atoms with Gasteiger partial charge in [0.05, 0.1) is 4.90 Å². The molecule has 0 aliphatic carbocycles. The Morgan fingerprint density at radius 1 is 1.29 bits per heavy atom. The van der Waals surface area contributed by atoms with Crippen molar-refractivity contribution in [3.05, 3.63) is 53.3 Å². The van der Waals surface area contributed by atoms with Gasteiger partial charge in [-0.05, 0) is 25.0 Å². The van der Waals surface area contributed by atoms with E-state index in [1.54, 1.807) is 23.9 Å². The molecule has 0 aliphatic heterocycles. The fourth-order valence-corrected chi connectivity index (χ4v) is 3.33. The molecule has 0 saturated carbocycles. The molecule has 0 unspecified atom stereocenters. The second-order valence-electron chi connectivity index (χ2n) is 5.12. The number of hydrogen-bond donors (Lipinski definition) is 2. The zero-order chi connectivity index (χ0) is 15.5. The van der Waals surface area contributed by atoms with E-state index in [1.807, 2.05) is 25.1 Å². The van der Waals surface area contributed by atoms with Gasteiger partial charge < -0.3 is 10.3 Å². The number of nitrogens with zero attached hydrogens (tertiary/aromatic N) is 1. The lowest BCUT2D eigenvalue weighted by atomic mass is 10.1. The fraction of sp³-hybridized carbons (Fsp3) is 0.333. The highest BCUT2D eigenvalue weighted by Crippen LogP contribution is 2.13. The lowest BCUT2D eigenvalue weighted by molar-refractivity contribution is 0.581. The van der Waals surface area contributed by atoms with Gasteiger partial charge in [-0.3, -0.25) is 0 Å². The number of aryl methyl sites for hydroxylation is 2. The molecule has 0 amide bonds. The molecule has 2 rings (SSSR count). The molecule has 0 radical (unpaired) electrons. The van der Waals surface area contributed by atoms with Gasteiger partial charge in [0.1, 0.15) is 0 Å². The van der Waals surface area contributed by atoms with E-state index in [9.17, 15) is 8.42 Å². The average molecular weight is 307 g/mol. The highest BCUT2D eigenvalue weighted by Gasteiger charge is 2.16. The molecule has 0 atom stereocenters. The minimum absolute atomic E-state index is 0.259. The van der Waals surface area contributed by atoms with Crippen molar-refractivity contribution in [2.45, 2.75) is 24.8 Å². The summed E-state index contributed by atoms with van der Waals surface area (Å²) in [6.07, 6.45) is 2.24. The van der Waals surface area contributed by atoms with Gasteiger partial charge in [0, 0.05) is 32.0 Å². The van der Waals surface area contributed by atoms with Crippen molar-refractivity contribution in [2.24, 2.45) is 12.8 Å². The first kappa shape index (κ1) is 15.8. The van der Waals surface area contributed by atoms with Crippen LogP contribution in [0.25, 0.3) is 0 Å². The lowest BCUT2D eigenvalue weighted by Crippen LogP contribution is -2.25. The van der Waals surface area contributed by atoms with Crippen molar-refractivity contribution in [1.29, 1.82) is 0 Å². The van der Waals surface area contributed by atoms with Crippen LogP contribution in [0.15, 0.2) is 41.4 Å². The van der Waals surface area contributed by atoms with Crippen LogP contribution in [0.4, 0.5) is 0 Å². The van der Waals surface area contributed by atoms with Gasteiger partial charge in [-0.1, -0.05) is 29.8 Å². The van der Waals surface area contributed by atoms with E-state index in [4.69, 9.17) is 5.73 Å². The Morgan fingerprint density at radius 2 is 2.05 bits per heavy atom. The van der Waals surface area contributed by atoms with Crippen molar-refractivity contribution in [3.8, 4) is 0 Å². The first-order valence-corrected chi connectivity index (χ1v) is 8.31. The van der Waals surface area contributed by atoms with Crippen LogP contribution in [-0.2, 0) is 30.0 Å². The van der Waals surface area contributed by atoms with Crippen molar-refractivity contribution in [3.63, 3.8) is 0 Å². The van der Waals surface area contributed by atoms with Gasteiger partial charge in [-0.15, -0.1) is 0 Å². The van der Waals surface area contributed by atoms with Gasteiger partial charge in [-0.2, -0.15) is 0 Å². The monoisotopic (exact) mass is 307 g/mol. The standard InChI is InChI=1S/C15H21N3O2S/c1-12-4-3-5-13(8-12)6-7-17-21(19,20)15-9-14(10-16)18(2)11-15/h3-5,8-9,11,17H,6-7,10,16H2,1-2H3. The van der Waals surface area contributed by atoms with Gasteiger partial charge in [0.15, 0.2) is 0 Å². The molecule has 21 heavy (non-hydrogen) atoms. The minimum Gasteiger partial charge on any atom is -0.352 e. The number of hydrogen-bond acceptors (Lipinski definition) is 3. The Labute approximate surface area is 125 Å². The zero-order valence-electron chi connectivity index (χ0n) is 12.3. The van der Waals surface area contributed by atoms with Crippen molar-refractivity contribution in [1.82, 2.24) is 9.29 Å². The largest absolute Gasteiger partial charge is 0.352 e. The Balaban J connectivity index is 2.01. The number of rotatable bonds is 6. The summed E-state index contributed by atoms with van der Waals surface area (Å²) in [6, 6.07) is 9.66. The first-order valence-electron chi connectivity index (χ1n) is 6.83. The van der Waals surface area contributed by atoms with Crippen LogP contribution in [0, 0.1) is 6.92 Å². The van der Waals surface area contributed by atoms with Crippen LogP contribution in [-0.4, -0.2) is 19.5 Å². The van der Waals surface area contributed by atoms with Gasteiger partial charge in [0.25, 0.3) is 0 Å². The predicted octanol–water partition coefficient (Wildman–Crippen LogP) is 1.31. The van der Waals surface area contributed by atoms with Gasteiger partial charge in [-0.25, -0.2) is 13.1 Å². The second-order valence-corrected chi connectivity index (χ2v) is 6.89. The summed E-state index contributed by atoms with van der Waals surface area (Å²) in [6.45, 7) is 2.71. The Morgan fingerprint density at radius 3 is 2.67 bits per heavy atom. The van der Waals surface area contributed by atoms with Crippen LogP contribution in [0.3, 0.4) is 0 Å². The van der Waals surface area contributed by atoms with E-state index in [1.165, 1.54) is 5.56 Å². The first-order chi connectivity index (χ1) is 9.92. The summed E-state index contributed by atoms with van der Waals surface area (Å²) in [7, 11) is -1.69. The summed E-state index contributed by atoms with van der Waals surface area (Å²) in [5.74, 6) is 0. The molecule has 5 nitrogen and oxygen atoms in total. The van der Waals surface area contributed by atoms with E-state index in [2.05, 4.69) is 10.8 Å². The molecule has 0 bridgehead atoms.